The molecule has 0 aliphatic heterocycles. The van der Waals surface area contributed by atoms with Gasteiger partial charge in [0.25, 0.3) is 0 Å². The Morgan fingerprint density at radius 3 is 2.59 bits per heavy atom. The van der Waals surface area contributed by atoms with Gasteiger partial charge < -0.3 is 10.4 Å². The number of carbonyl (C=O) groups is 2. The van der Waals surface area contributed by atoms with E-state index in [1.165, 1.54) is 23.1 Å². The highest BCUT2D eigenvalue weighted by molar-refractivity contribution is 8.00. The minimum atomic E-state index is -0.930. The van der Waals surface area contributed by atoms with Gasteiger partial charge >= 0.3 is 5.97 Å². The van der Waals surface area contributed by atoms with Crippen molar-refractivity contribution in [3.63, 3.8) is 0 Å². The molecule has 1 rings (SSSR count). The lowest BCUT2D eigenvalue weighted by molar-refractivity contribution is -0.119. The predicted molar refractivity (Wildman–Crippen MR) is 69.9 cm³/mol. The SMILES string of the molecule is CC(C)(C)NC(=O)CSc1csc(C(=O)O)c1. The van der Waals surface area contributed by atoms with Gasteiger partial charge in [0.05, 0.1) is 5.75 Å². The Labute approximate surface area is 108 Å². The maximum atomic E-state index is 11.5. The van der Waals surface area contributed by atoms with E-state index in [2.05, 4.69) is 5.32 Å². The second-order valence-corrected chi connectivity index (χ2v) is 6.50. The van der Waals surface area contributed by atoms with Gasteiger partial charge in [-0.25, -0.2) is 4.79 Å². The molecular formula is C11H15NO3S2. The Morgan fingerprint density at radius 2 is 2.12 bits per heavy atom. The first-order valence-electron chi connectivity index (χ1n) is 5.03. The van der Waals surface area contributed by atoms with Crippen molar-refractivity contribution in [1.82, 2.24) is 5.32 Å². The summed E-state index contributed by atoms with van der Waals surface area (Å²) in [5.41, 5.74) is -0.238. The molecule has 1 amide bonds. The zero-order valence-corrected chi connectivity index (χ0v) is 11.6. The fraction of sp³-hybridized carbons (Fsp3) is 0.455. The normalized spacial score (nSPS) is 11.2. The standard InChI is InChI=1S/C11H15NO3S2/c1-11(2,3)12-9(13)6-16-7-4-8(10(14)15)17-5-7/h4-5H,6H2,1-3H3,(H,12,13)(H,14,15). The zero-order chi connectivity index (χ0) is 13.1. The smallest absolute Gasteiger partial charge is 0.345 e. The maximum Gasteiger partial charge on any atom is 0.345 e. The molecule has 0 saturated heterocycles. The second-order valence-electron chi connectivity index (χ2n) is 4.54. The van der Waals surface area contributed by atoms with Crippen LogP contribution in [0.4, 0.5) is 0 Å². The Bertz CT molecular complexity index is 421. The summed E-state index contributed by atoms with van der Waals surface area (Å²) in [4.78, 5) is 23.3. The Balaban J connectivity index is 2.45. The van der Waals surface area contributed by atoms with E-state index in [0.717, 1.165) is 4.90 Å². The van der Waals surface area contributed by atoms with Crippen LogP contribution in [0.1, 0.15) is 30.4 Å². The van der Waals surface area contributed by atoms with E-state index in [9.17, 15) is 9.59 Å². The number of hydrogen-bond acceptors (Lipinski definition) is 4. The van der Waals surface area contributed by atoms with Gasteiger partial charge in [-0.15, -0.1) is 23.1 Å². The highest BCUT2D eigenvalue weighted by Crippen LogP contribution is 2.24. The first-order valence-corrected chi connectivity index (χ1v) is 6.90. The van der Waals surface area contributed by atoms with Crippen molar-refractivity contribution in [3.05, 3.63) is 16.3 Å². The van der Waals surface area contributed by atoms with Crippen molar-refractivity contribution >= 4 is 35.0 Å². The molecule has 0 unspecified atom stereocenters. The average molecular weight is 273 g/mol. The van der Waals surface area contributed by atoms with Crippen LogP contribution in [0.3, 0.4) is 0 Å². The van der Waals surface area contributed by atoms with Gasteiger partial charge in [-0.3, -0.25) is 4.79 Å². The number of carboxylic acid groups (broad SMARTS) is 1. The van der Waals surface area contributed by atoms with Gasteiger partial charge in [-0.1, -0.05) is 0 Å². The number of nitrogens with one attached hydrogen (secondary N) is 1. The van der Waals surface area contributed by atoms with Gasteiger partial charge in [0, 0.05) is 15.8 Å². The van der Waals surface area contributed by atoms with E-state index in [4.69, 9.17) is 5.11 Å². The van der Waals surface area contributed by atoms with Crippen molar-refractivity contribution in [2.45, 2.75) is 31.2 Å². The summed E-state index contributed by atoms with van der Waals surface area (Å²) < 4.78 is 0. The second kappa shape index (κ2) is 5.55. The molecule has 6 heteroatoms. The number of hydrogen-bond donors (Lipinski definition) is 2. The largest absolute Gasteiger partial charge is 0.477 e. The quantitative estimate of drug-likeness (QED) is 0.827. The van der Waals surface area contributed by atoms with Crippen LogP contribution in [0, 0.1) is 0 Å². The third-order valence-corrected chi connectivity index (χ3v) is 3.71. The Morgan fingerprint density at radius 1 is 1.47 bits per heavy atom. The van der Waals surface area contributed by atoms with E-state index in [-0.39, 0.29) is 11.4 Å². The molecule has 1 aromatic heterocycles. The number of carboxylic acids is 1. The van der Waals surface area contributed by atoms with Gasteiger partial charge in [0.2, 0.25) is 5.91 Å². The molecule has 1 aromatic rings. The summed E-state index contributed by atoms with van der Waals surface area (Å²) in [5.74, 6) is -0.681. The van der Waals surface area contributed by atoms with Crippen LogP contribution >= 0.6 is 23.1 Å². The molecule has 4 nitrogen and oxygen atoms in total. The molecule has 0 atom stereocenters. The minimum Gasteiger partial charge on any atom is -0.477 e. The Hall–Kier alpha value is -1.01. The van der Waals surface area contributed by atoms with E-state index >= 15 is 0 Å². The number of thioether (sulfide) groups is 1. The maximum absolute atomic E-state index is 11.5. The number of carbonyl (C=O) groups excluding carboxylic acids is 1. The number of rotatable bonds is 4. The lowest BCUT2D eigenvalue weighted by Crippen LogP contribution is -2.41. The summed E-state index contributed by atoms with van der Waals surface area (Å²) >= 11 is 2.51. The molecule has 0 spiro atoms. The summed E-state index contributed by atoms with van der Waals surface area (Å²) in [6.07, 6.45) is 0. The van der Waals surface area contributed by atoms with Crippen molar-refractivity contribution < 1.29 is 14.7 Å². The summed E-state index contributed by atoms with van der Waals surface area (Å²) in [7, 11) is 0. The molecular weight excluding hydrogens is 258 g/mol. The molecule has 0 fully saturated rings. The molecule has 94 valence electrons. The van der Waals surface area contributed by atoms with E-state index < -0.39 is 5.97 Å². The first-order chi connectivity index (χ1) is 7.78. The van der Waals surface area contributed by atoms with Crippen molar-refractivity contribution in [2.24, 2.45) is 0 Å². The summed E-state index contributed by atoms with van der Waals surface area (Å²) in [5, 5.41) is 13.3. The Kier molecular flexibility index (Phi) is 4.59. The van der Waals surface area contributed by atoms with Crippen LogP contribution in [0.25, 0.3) is 0 Å². The molecule has 0 bridgehead atoms. The van der Waals surface area contributed by atoms with Crippen LogP contribution in [0.5, 0.6) is 0 Å². The molecule has 0 aromatic carbocycles. The molecule has 0 radical (unpaired) electrons. The topological polar surface area (TPSA) is 66.4 Å². The highest BCUT2D eigenvalue weighted by Gasteiger charge is 2.14. The van der Waals surface area contributed by atoms with Crippen LogP contribution in [0.15, 0.2) is 16.3 Å². The lowest BCUT2D eigenvalue weighted by Gasteiger charge is -2.20. The molecule has 0 aliphatic carbocycles. The molecule has 17 heavy (non-hydrogen) atoms. The van der Waals surface area contributed by atoms with Crippen LogP contribution in [-0.2, 0) is 4.79 Å². The van der Waals surface area contributed by atoms with Crippen LogP contribution in [-0.4, -0.2) is 28.3 Å². The first kappa shape index (κ1) is 14.1. The fourth-order valence-corrected chi connectivity index (χ4v) is 2.78. The number of thiophene rings is 1. The minimum absolute atomic E-state index is 0.0504. The zero-order valence-electron chi connectivity index (χ0n) is 9.94. The van der Waals surface area contributed by atoms with Gasteiger partial charge in [-0.2, -0.15) is 0 Å². The van der Waals surface area contributed by atoms with Gasteiger partial charge in [-0.05, 0) is 26.8 Å². The van der Waals surface area contributed by atoms with E-state index in [1.54, 1.807) is 11.4 Å². The van der Waals surface area contributed by atoms with Gasteiger partial charge in [0.1, 0.15) is 4.88 Å². The van der Waals surface area contributed by atoms with E-state index in [0.29, 0.717) is 10.6 Å². The van der Waals surface area contributed by atoms with Crippen LogP contribution < -0.4 is 5.32 Å². The lowest BCUT2D eigenvalue weighted by atomic mass is 10.1. The highest BCUT2D eigenvalue weighted by atomic mass is 32.2. The number of aromatic carboxylic acids is 1. The third-order valence-electron chi connectivity index (χ3n) is 1.67. The van der Waals surface area contributed by atoms with Crippen LogP contribution in [0.2, 0.25) is 0 Å². The average Bonchev–Trinajstić information content (AvgIpc) is 2.60. The summed E-state index contributed by atoms with van der Waals surface area (Å²) in [6, 6.07) is 1.59. The monoisotopic (exact) mass is 273 g/mol. The molecule has 2 N–H and O–H groups in total. The van der Waals surface area contributed by atoms with Crippen molar-refractivity contribution in [2.75, 3.05) is 5.75 Å². The summed E-state index contributed by atoms with van der Waals surface area (Å²) in [6.45, 7) is 5.76. The van der Waals surface area contributed by atoms with Crippen molar-refractivity contribution in [3.8, 4) is 0 Å². The van der Waals surface area contributed by atoms with E-state index in [1.807, 2.05) is 20.8 Å². The third kappa shape index (κ3) is 5.23. The molecule has 1 heterocycles. The van der Waals surface area contributed by atoms with Crippen molar-refractivity contribution in [1.29, 1.82) is 0 Å². The number of amides is 1. The molecule has 0 saturated carbocycles. The molecule has 0 aliphatic rings. The predicted octanol–water partition coefficient (Wildman–Crippen LogP) is 2.45. The van der Waals surface area contributed by atoms with Gasteiger partial charge in [0.15, 0.2) is 0 Å². The fourth-order valence-electron chi connectivity index (χ4n) is 1.11.